The number of aromatic amines is 1. The molecule has 9 heteroatoms. The first kappa shape index (κ1) is 20.0. The van der Waals surface area contributed by atoms with Crippen molar-refractivity contribution in [1.82, 2.24) is 29.9 Å². The van der Waals surface area contributed by atoms with Crippen molar-refractivity contribution in [3.8, 4) is 28.5 Å². The van der Waals surface area contributed by atoms with Gasteiger partial charge < -0.3 is 9.51 Å². The molecule has 0 atom stereocenters. The molecule has 0 aliphatic rings. The summed E-state index contributed by atoms with van der Waals surface area (Å²) in [6.45, 7) is 2.09. The van der Waals surface area contributed by atoms with Crippen molar-refractivity contribution >= 4 is 34.0 Å². The number of nitrogens with zero attached hydrogens (tertiary/aromatic N) is 5. The van der Waals surface area contributed by atoms with E-state index in [0.717, 1.165) is 44.3 Å². The fourth-order valence-corrected chi connectivity index (χ4v) is 5.19. The second kappa shape index (κ2) is 8.34. The molecule has 1 N–H and O–H groups in total. The standard InChI is InChI=1S/C24H18N6OS2/c1-15-6-2-5-9-20(15)30-23(18-12-25-19-8-4-3-7-17(18)19)27-28-24(30)33-14-21-26-22(29-31-21)16-10-11-32-13-16/h2-13,25H,14H2,1H3. The molecule has 0 bridgehead atoms. The minimum atomic E-state index is 0.495. The average molecular weight is 471 g/mol. The lowest BCUT2D eigenvalue weighted by atomic mass is 10.1. The fourth-order valence-electron chi connectivity index (χ4n) is 3.77. The van der Waals surface area contributed by atoms with E-state index < -0.39 is 0 Å². The van der Waals surface area contributed by atoms with Crippen LogP contribution in [0, 0.1) is 6.92 Å². The highest BCUT2D eigenvalue weighted by Crippen LogP contribution is 2.34. The quantitative estimate of drug-likeness (QED) is 0.295. The molecule has 4 heterocycles. The van der Waals surface area contributed by atoms with Gasteiger partial charge in [0.1, 0.15) is 0 Å². The number of benzene rings is 2. The van der Waals surface area contributed by atoms with Crippen LogP contribution in [0.25, 0.3) is 39.4 Å². The van der Waals surface area contributed by atoms with Crippen molar-refractivity contribution < 1.29 is 4.52 Å². The van der Waals surface area contributed by atoms with Crippen LogP contribution in [0.3, 0.4) is 0 Å². The highest BCUT2D eigenvalue weighted by atomic mass is 32.2. The molecule has 6 rings (SSSR count). The Bertz CT molecular complexity index is 1550. The van der Waals surface area contributed by atoms with Gasteiger partial charge in [-0.3, -0.25) is 4.57 Å². The molecule has 0 unspecified atom stereocenters. The van der Waals surface area contributed by atoms with E-state index in [1.54, 1.807) is 11.3 Å². The van der Waals surface area contributed by atoms with E-state index in [-0.39, 0.29) is 0 Å². The first-order chi connectivity index (χ1) is 16.3. The van der Waals surface area contributed by atoms with E-state index in [2.05, 4.69) is 61.1 Å². The van der Waals surface area contributed by atoms with E-state index in [1.807, 2.05) is 47.3 Å². The molecule has 0 amide bonds. The maximum Gasteiger partial charge on any atom is 0.237 e. The monoisotopic (exact) mass is 470 g/mol. The molecule has 2 aromatic carbocycles. The summed E-state index contributed by atoms with van der Waals surface area (Å²) in [7, 11) is 0. The third-order valence-corrected chi connectivity index (χ3v) is 6.99. The molecule has 0 spiro atoms. The third kappa shape index (κ3) is 3.65. The molecular weight excluding hydrogens is 452 g/mol. The van der Waals surface area contributed by atoms with Crippen molar-refractivity contribution in [1.29, 1.82) is 0 Å². The van der Waals surface area contributed by atoms with Gasteiger partial charge in [-0.25, -0.2) is 0 Å². The number of H-pyrrole nitrogens is 1. The maximum atomic E-state index is 5.48. The van der Waals surface area contributed by atoms with Crippen LogP contribution < -0.4 is 0 Å². The summed E-state index contributed by atoms with van der Waals surface area (Å²) in [4.78, 5) is 7.87. The molecule has 0 saturated carbocycles. The first-order valence-electron chi connectivity index (χ1n) is 10.3. The highest BCUT2D eigenvalue weighted by Gasteiger charge is 2.21. The van der Waals surface area contributed by atoms with Crippen molar-refractivity contribution in [2.75, 3.05) is 0 Å². The summed E-state index contributed by atoms with van der Waals surface area (Å²) < 4.78 is 7.58. The Kier molecular flexibility index (Phi) is 5.04. The molecule has 33 heavy (non-hydrogen) atoms. The van der Waals surface area contributed by atoms with Gasteiger partial charge in [0, 0.05) is 33.6 Å². The highest BCUT2D eigenvalue weighted by molar-refractivity contribution is 7.98. The summed E-state index contributed by atoms with van der Waals surface area (Å²) in [5, 5.41) is 19.1. The predicted molar refractivity (Wildman–Crippen MR) is 131 cm³/mol. The molecule has 0 radical (unpaired) electrons. The maximum absolute atomic E-state index is 5.48. The molecule has 6 aromatic rings. The molecule has 4 aromatic heterocycles. The minimum absolute atomic E-state index is 0.495. The SMILES string of the molecule is Cc1ccccc1-n1c(SCc2nc(-c3ccsc3)no2)nnc1-c1c[nH]c2ccccc12. The fraction of sp³-hybridized carbons (Fsp3) is 0.0833. The average Bonchev–Trinajstić information content (AvgIpc) is 3.64. The topological polar surface area (TPSA) is 85.4 Å². The van der Waals surface area contributed by atoms with E-state index in [4.69, 9.17) is 4.52 Å². The predicted octanol–water partition coefficient (Wildman–Crippen LogP) is 6.13. The first-order valence-corrected chi connectivity index (χ1v) is 12.3. The zero-order valence-corrected chi connectivity index (χ0v) is 19.2. The number of fused-ring (bicyclic) bond motifs is 1. The summed E-state index contributed by atoms with van der Waals surface area (Å²) in [5.41, 5.74) is 5.20. The number of thioether (sulfide) groups is 1. The normalized spacial score (nSPS) is 11.4. The number of hydrogen-bond acceptors (Lipinski definition) is 7. The molecule has 0 saturated heterocycles. The number of thiophene rings is 1. The van der Waals surface area contributed by atoms with Gasteiger partial charge in [0.15, 0.2) is 11.0 Å². The smallest absolute Gasteiger partial charge is 0.237 e. The van der Waals surface area contributed by atoms with Crippen LogP contribution in [0.15, 0.2) is 81.2 Å². The molecule has 7 nitrogen and oxygen atoms in total. The minimum Gasteiger partial charge on any atom is -0.360 e. The van der Waals surface area contributed by atoms with Gasteiger partial charge in [0.05, 0.1) is 11.4 Å². The second-order valence-electron chi connectivity index (χ2n) is 7.49. The van der Waals surface area contributed by atoms with E-state index in [9.17, 15) is 0 Å². The van der Waals surface area contributed by atoms with Gasteiger partial charge in [-0.2, -0.15) is 16.3 Å². The Labute approximate surface area is 197 Å². The van der Waals surface area contributed by atoms with Crippen molar-refractivity contribution in [2.45, 2.75) is 17.8 Å². The van der Waals surface area contributed by atoms with Crippen molar-refractivity contribution in [3.05, 3.63) is 83.0 Å². The van der Waals surface area contributed by atoms with Crippen LogP contribution >= 0.6 is 23.1 Å². The largest absolute Gasteiger partial charge is 0.360 e. The van der Waals surface area contributed by atoms with Crippen LogP contribution in [-0.4, -0.2) is 29.9 Å². The lowest BCUT2D eigenvalue weighted by Crippen LogP contribution is -2.01. The lowest BCUT2D eigenvalue weighted by molar-refractivity contribution is 0.391. The van der Waals surface area contributed by atoms with Gasteiger partial charge in [0.25, 0.3) is 0 Å². The number of para-hydroxylation sites is 2. The number of hydrogen-bond donors (Lipinski definition) is 1. The summed E-state index contributed by atoms with van der Waals surface area (Å²) >= 11 is 3.13. The van der Waals surface area contributed by atoms with Gasteiger partial charge in [-0.05, 0) is 36.1 Å². The van der Waals surface area contributed by atoms with Gasteiger partial charge in [-0.15, -0.1) is 10.2 Å². The summed E-state index contributed by atoms with van der Waals surface area (Å²) in [6.07, 6.45) is 1.99. The summed E-state index contributed by atoms with van der Waals surface area (Å²) in [6, 6.07) is 18.4. The second-order valence-corrected chi connectivity index (χ2v) is 9.21. The Morgan fingerprint density at radius 1 is 1.06 bits per heavy atom. The van der Waals surface area contributed by atoms with Crippen LogP contribution in [0.4, 0.5) is 0 Å². The Morgan fingerprint density at radius 3 is 2.82 bits per heavy atom. The van der Waals surface area contributed by atoms with Gasteiger partial charge in [0.2, 0.25) is 11.7 Å². The molecule has 0 aliphatic carbocycles. The van der Waals surface area contributed by atoms with Crippen LogP contribution in [0.2, 0.25) is 0 Å². The van der Waals surface area contributed by atoms with E-state index in [0.29, 0.717) is 17.5 Å². The molecule has 0 fully saturated rings. The van der Waals surface area contributed by atoms with E-state index >= 15 is 0 Å². The number of aromatic nitrogens is 6. The molecule has 162 valence electrons. The molecular formula is C24H18N6OS2. The number of nitrogens with one attached hydrogen (secondary N) is 1. The van der Waals surface area contributed by atoms with Gasteiger partial charge >= 0.3 is 0 Å². The Morgan fingerprint density at radius 2 is 1.94 bits per heavy atom. The Balaban J connectivity index is 1.39. The van der Waals surface area contributed by atoms with Crippen LogP contribution in [0.5, 0.6) is 0 Å². The van der Waals surface area contributed by atoms with Crippen LogP contribution in [-0.2, 0) is 5.75 Å². The van der Waals surface area contributed by atoms with Crippen molar-refractivity contribution in [2.24, 2.45) is 0 Å². The Hall–Kier alpha value is -3.69. The van der Waals surface area contributed by atoms with Gasteiger partial charge in [-0.1, -0.05) is 53.3 Å². The summed E-state index contributed by atoms with van der Waals surface area (Å²) in [5.74, 6) is 2.43. The lowest BCUT2D eigenvalue weighted by Gasteiger charge is -2.12. The number of rotatable bonds is 6. The zero-order chi connectivity index (χ0) is 22.2. The van der Waals surface area contributed by atoms with E-state index in [1.165, 1.54) is 11.8 Å². The number of aryl methyl sites for hydroxylation is 1. The molecule has 0 aliphatic heterocycles. The zero-order valence-electron chi connectivity index (χ0n) is 17.6. The van der Waals surface area contributed by atoms with Crippen molar-refractivity contribution in [3.63, 3.8) is 0 Å². The van der Waals surface area contributed by atoms with Crippen LogP contribution in [0.1, 0.15) is 11.5 Å². The third-order valence-electron chi connectivity index (χ3n) is 5.39.